The topological polar surface area (TPSA) is 55.1 Å². The molecule has 0 aromatic carbocycles. The van der Waals surface area contributed by atoms with Gasteiger partial charge in [-0.1, -0.05) is 0 Å². The zero-order valence-electron chi connectivity index (χ0n) is 9.82. The minimum Gasteiger partial charge on any atom is -0.368 e. The van der Waals surface area contributed by atoms with Crippen molar-refractivity contribution in [2.45, 2.75) is 57.8 Å². The summed E-state index contributed by atoms with van der Waals surface area (Å²) in [6.07, 6.45) is -5.10. The Kier molecular flexibility index (Phi) is 5.25. The minimum atomic E-state index is -4.18. The average Bonchev–Trinajstić information content (AvgIpc) is 1.99. The van der Waals surface area contributed by atoms with Crippen LogP contribution in [-0.4, -0.2) is 23.7 Å². The van der Waals surface area contributed by atoms with Crippen molar-refractivity contribution in [1.29, 1.82) is 0 Å². The molecular weight excluding hydrogens is 221 g/mol. The van der Waals surface area contributed by atoms with Gasteiger partial charge in [-0.2, -0.15) is 13.2 Å². The standard InChI is InChI=1S/C10H19F3N2O/c1-7(2)15-9(3,8(14)16)5-4-6-10(11,12)13/h7,15H,4-6H2,1-3H3,(H2,14,16). The van der Waals surface area contributed by atoms with Gasteiger partial charge >= 0.3 is 6.18 Å². The van der Waals surface area contributed by atoms with Crippen LogP contribution < -0.4 is 11.1 Å². The summed E-state index contributed by atoms with van der Waals surface area (Å²) in [5.41, 5.74) is 4.12. The Labute approximate surface area is 93.6 Å². The smallest absolute Gasteiger partial charge is 0.368 e. The van der Waals surface area contributed by atoms with E-state index in [0.717, 1.165) is 0 Å². The van der Waals surface area contributed by atoms with Crippen molar-refractivity contribution in [1.82, 2.24) is 5.32 Å². The maximum Gasteiger partial charge on any atom is 0.389 e. The molecule has 0 aliphatic carbocycles. The number of halogens is 3. The van der Waals surface area contributed by atoms with Crippen molar-refractivity contribution in [3.8, 4) is 0 Å². The van der Waals surface area contributed by atoms with Crippen molar-refractivity contribution in [2.24, 2.45) is 5.73 Å². The molecule has 6 heteroatoms. The average molecular weight is 240 g/mol. The second-order valence-corrected chi connectivity index (χ2v) is 4.46. The van der Waals surface area contributed by atoms with Gasteiger partial charge in [0.1, 0.15) is 0 Å². The fourth-order valence-corrected chi connectivity index (χ4v) is 1.55. The fourth-order valence-electron chi connectivity index (χ4n) is 1.55. The SMILES string of the molecule is CC(C)NC(C)(CCCC(F)(F)F)C(N)=O. The van der Waals surface area contributed by atoms with Gasteiger partial charge in [-0.25, -0.2) is 0 Å². The first kappa shape index (κ1) is 15.2. The van der Waals surface area contributed by atoms with Gasteiger partial charge in [0.15, 0.2) is 0 Å². The highest BCUT2D eigenvalue weighted by molar-refractivity contribution is 5.84. The van der Waals surface area contributed by atoms with Gasteiger partial charge in [0, 0.05) is 12.5 Å². The number of primary amides is 1. The summed E-state index contributed by atoms with van der Waals surface area (Å²) in [7, 11) is 0. The normalized spacial score (nSPS) is 16.2. The van der Waals surface area contributed by atoms with Crippen LogP contribution in [0, 0.1) is 0 Å². The van der Waals surface area contributed by atoms with E-state index in [4.69, 9.17) is 5.73 Å². The Bertz CT molecular complexity index is 241. The van der Waals surface area contributed by atoms with Gasteiger partial charge in [-0.15, -0.1) is 0 Å². The lowest BCUT2D eigenvalue weighted by molar-refractivity contribution is -0.138. The highest BCUT2D eigenvalue weighted by Gasteiger charge is 2.33. The van der Waals surface area contributed by atoms with Crippen LogP contribution in [0.4, 0.5) is 13.2 Å². The third-order valence-corrected chi connectivity index (χ3v) is 2.29. The molecule has 96 valence electrons. The Balaban J connectivity index is 4.29. The zero-order valence-corrected chi connectivity index (χ0v) is 9.82. The molecular formula is C10H19F3N2O. The summed E-state index contributed by atoms with van der Waals surface area (Å²) in [4.78, 5) is 11.2. The molecule has 16 heavy (non-hydrogen) atoms. The summed E-state index contributed by atoms with van der Waals surface area (Å²) in [5, 5.41) is 2.90. The van der Waals surface area contributed by atoms with Crippen molar-refractivity contribution < 1.29 is 18.0 Å². The summed E-state index contributed by atoms with van der Waals surface area (Å²) in [5.74, 6) is -0.622. The fraction of sp³-hybridized carbons (Fsp3) is 0.900. The number of rotatable bonds is 6. The second-order valence-electron chi connectivity index (χ2n) is 4.46. The van der Waals surface area contributed by atoms with Crippen LogP contribution in [-0.2, 0) is 4.79 Å². The van der Waals surface area contributed by atoms with E-state index >= 15 is 0 Å². The Morgan fingerprint density at radius 3 is 2.12 bits per heavy atom. The van der Waals surface area contributed by atoms with Gasteiger partial charge in [0.25, 0.3) is 0 Å². The third kappa shape index (κ3) is 5.95. The predicted octanol–water partition coefficient (Wildman–Crippen LogP) is 1.96. The zero-order chi connectivity index (χ0) is 13.0. The van der Waals surface area contributed by atoms with E-state index in [2.05, 4.69) is 5.32 Å². The van der Waals surface area contributed by atoms with E-state index < -0.39 is 24.0 Å². The maximum atomic E-state index is 12.0. The first-order chi connectivity index (χ1) is 7.07. The molecule has 0 rings (SSSR count). The first-order valence-electron chi connectivity index (χ1n) is 5.21. The monoisotopic (exact) mass is 240 g/mol. The van der Waals surface area contributed by atoms with Crippen LogP contribution >= 0.6 is 0 Å². The van der Waals surface area contributed by atoms with Crippen molar-refractivity contribution in [2.75, 3.05) is 0 Å². The Morgan fingerprint density at radius 1 is 1.31 bits per heavy atom. The molecule has 0 fully saturated rings. The maximum absolute atomic E-state index is 12.0. The molecule has 0 aliphatic rings. The number of amides is 1. The van der Waals surface area contributed by atoms with Crippen LogP contribution in [0.1, 0.15) is 40.0 Å². The van der Waals surface area contributed by atoms with Crippen molar-refractivity contribution >= 4 is 5.91 Å². The number of alkyl halides is 3. The summed E-state index contributed by atoms with van der Waals surface area (Å²) in [6, 6.07) is -0.0108. The first-order valence-corrected chi connectivity index (χ1v) is 5.21. The number of hydrogen-bond donors (Lipinski definition) is 2. The molecule has 3 N–H and O–H groups in total. The molecule has 0 spiro atoms. The predicted molar refractivity (Wildman–Crippen MR) is 55.8 cm³/mol. The van der Waals surface area contributed by atoms with E-state index in [9.17, 15) is 18.0 Å². The third-order valence-electron chi connectivity index (χ3n) is 2.29. The summed E-state index contributed by atoms with van der Waals surface area (Å²) in [6.45, 7) is 5.15. The van der Waals surface area contributed by atoms with Crippen LogP contribution in [0.2, 0.25) is 0 Å². The van der Waals surface area contributed by atoms with Crippen LogP contribution in [0.5, 0.6) is 0 Å². The molecule has 0 bridgehead atoms. The molecule has 0 heterocycles. The lowest BCUT2D eigenvalue weighted by Gasteiger charge is -2.30. The molecule has 1 atom stereocenters. The Morgan fingerprint density at radius 2 is 1.81 bits per heavy atom. The van der Waals surface area contributed by atoms with E-state index in [-0.39, 0.29) is 18.9 Å². The van der Waals surface area contributed by atoms with Crippen LogP contribution in [0.3, 0.4) is 0 Å². The summed E-state index contributed by atoms with van der Waals surface area (Å²) >= 11 is 0. The lowest BCUT2D eigenvalue weighted by atomic mass is 9.93. The highest BCUT2D eigenvalue weighted by Crippen LogP contribution is 2.25. The highest BCUT2D eigenvalue weighted by atomic mass is 19.4. The number of carbonyl (C=O) groups is 1. The van der Waals surface area contributed by atoms with Gasteiger partial charge in [0.2, 0.25) is 5.91 Å². The number of hydrogen-bond acceptors (Lipinski definition) is 2. The number of nitrogens with two attached hydrogens (primary N) is 1. The molecule has 1 amide bonds. The molecule has 0 saturated carbocycles. The van der Waals surface area contributed by atoms with E-state index in [1.54, 1.807) is 0 Å². The Hall–Kier alpha value is -0.780. The number of carbonyl (C=O) groups excluding carboxylic acids is 1. The summed E-state index contributed by atoms with van der Waals surface area (Å²) < 4.78 is 35.9. The quantitative estimate of drug-likeness (QED) is 0.745. The van der Waals surface area contributed by atoms with E-state index in [0.29, 0.717) is 0 Å². The van der Waals surface area contributed by atoms with Crippen molar-refractivity contribution in [3.63, 3.8) is 0 Å². The molecule has 0 radical (unpaired) electrons. The largest absolute Gasteiger partial charge is 0.389 e. The van der Waals surface area contributed by atoms with Gasteiger partial charge < -0.3 is 11.1 Å². The number of nitrogens with one attached hydrogen (secondary N) is 1. The molecule has 0 saturated heterocycles. The van der Waals surface area contributed by atoms with E-state index in [1.165, 1.54) is 6.92 Å². The lowest BCUT2D eigenvalue weighted by Crippen LogP contribution is -2.55. The van der Waals surface area contributed by atoms with Gasteiger partial charge in [0.05, 0.1) is 5.54 Å². The van der Waals surface area contributed by atoms with E-state index in [1.807, 2.05) is 13.8 Å². The molecule has 0 aliphatic heterocycles. The van der Waals surface area contributed by atoms with Crippen molar-refractivity contribution in [3.05, 3.63) is 0 Å². The molecule has 3 nitrogen and oxygen atoms in total. The van der Waals surface area contributed by atoms with Crippen LogP contribution in [0.15, 0.2) is 0 Å². The molecule has 0 aromatic rings. The molecule has 1 unspecified atom stereocenters. The van der Waals surface area contributed by atoms with Gasteiger partial charge in [-0.05, 0) is 33.6 Å². The minimum absolute atomic E-state index is 0.0108. The molecule has 0 aromatic heterocycles. The second kappa shape index (κ2) is 5.52. The van der Waals surface area contributed by atoms with Crippen LogP contribution in [0.25, 0.3) is 0 Å². The van der Waals surface area contributed by atoms with Gasteiger partial charge in [-0.3, -0.25) is 4.79 Å².